The van der Waals surface area contributed by atoms with E-state index in [4.69, 9.17) is 10.5 Å². The van der Waals surface area contributed by atoms with Gasteiger partial charge in [-0.15, -0.1) is 12.3 Å². The molecule has 138 valence electrons. The zero-order chi connectivity index (χ0) is 19.6. The van der Waals surface area contributed by atoms with Crippen LogP contribution in [0.2, 0.25) is 0 Å². The monoisotopic (exact) mass is 341 g/mol. The van der Waals surface area contributed by atoms with Gasteiger partial charge in [0.15, 0.2) is 0 Å². The Labute approximate surface area is 155 Å². The van der Waals surface area contributed by atoms with Gasteiger partial charge in [0.1, 0.15) is 5.75 Å². The van der Waals surface area contributed by atoms with Crippen molar-refractivity contribution in [3.8, 4) is 18.1 Å². The largest absolute Gasteiger partial charge is 0.496 e. The Balaban J connectivity index is 0.00000178. The number of methoxy groups -OCH3 is 1. The Morgan fingerprint density at radius 2 is 1.84 bits per heavy atom. The fourth-order valence-electron chi connectivity index (χ4n) is 2.21. The van der Waals surface area contributed by atoms with Crippen molar-refractivity contribution in [3.63, 3.8) is 0 Å². The van der Waals surface area contributed by atoms with Crippen molar-refractivity contribution in [2.75, 3.05) is 7.11 Å². The molecule has 1 rings (SSSR count). The van der Waals surface area contributed by atoms with E-state index in [0.29, 0.717) is 5.92 Å². The molecule has 2 heteroatoms. The molecule has 1 aromatic carbocycles. The Kier molecular flexibility index (Phi) is 9.76. The molecule has 1 aromatic rings. The lowest BCUT2D eigenvalue weighted by molar-refractivity contribution is 0.412. The maximum absolute atomic E-state index is 6.05. The highest BCUT2D eigenvalue weighted by Crippen LogP contribution is 2.33. The second kappa shape index (κ2) is 10.7. The summed E-state index contributed by atoms with van der Waals surface area (Å²) in [7, 11) is 1.72. The van der Waals surface area contributed by atoms with Crippen LogP contribution in [-0.2, 0) is 5.41 Å². The highest BCUT2D eigenvalue weighted by Gasteiger charge is 2.17. The van der Waals surface area contributed by atoms with Crippen LogP contribution in [0, 0.1) is 18.3 Å². The van der Waals surface area contributed by atoms with Gasteiger partial charge in [0.25, 0.3) is 0 Å². The highest BCUT2D eigenvalue weighted by molar-refractivity contribution is 5.72. The zero-order valence-corrected chi connectivity index (χ0v) is 17.2. The molecule has 0 fully saturated rings. The summed E-state index contributed by atoms with van der Waals surface area (Å²) in [5.41, 5.74) is 10.8. The van der Waals surface area contributed by atoms with E-state index >= 15 is 0 Å². The van der Waals surface area contributed by atoms with Crippen LogP contribution in [0.5, 0.6) is 5.75 Å². The summed E-state index contributed by atoms with van der Waals surface area (Å²) in [6.45, 7) is 14.7. The molecule has 25 heavy (non-hydrogen) atoms. The summed E-state index contributed by atoms with van der Waals surface area (Å²) in [6.07, 6.45) is 9.68. The molecule has 0 amide bonds. The summed E-state index contributed by atoms with van der Waals surface area (Å²) in [6, 6.07) is 6.45. The molecule has 2 N–H and O–H groups in total. The molecule has 0 heterocycles. The molecule has 0 unspecified atom stereocenters. The number of benzene rings is 1. The number of hydrogen-bond acceptors (Lipinski definition) is 2. The quantitative estimate of drug-likeness (QED) is 0.532. The molecule has 0 bridgehead atoms. The Bertz CT molecular complexity index is 637. The molecule has 0 aliphatic carbocycles. The Hall–Kier alpha value is -2.14. The molecule has 0 spiro atoms. The first-order chi connectivity index (χ1) is 11.6. The lowest BCUT2D eigenvalue weighted by Crippen LogP contribution is -2.11. The van der Waals surface area contributed by atoms with Gasteiger partial charge in [0.05, 0.1) is 7.11 Å². The topological polar surface area (TPSA) is 35.2 Å². The van der Waals surface area contributed by atoms with E-state index in [2.05, 4.69) is 78.2 Å². The van der Waals surface area contributed by atoms with Crippen LogP contribution < -0.4 is 10.5 Å². The summed E-state index contributed by atoms with van der Waals surface area (Å²) in [5, 5.41) is 0. The molecule has 0 saturated carbocycles. The van der Waals surface area contributed by atoms with Gasteiger partial charge in [-0.05, 0) is 54.0 Å². The predicted molar refractivity (Wildman–Crippen MR) is 112 cm³/mol. The molecule has 0 radical (unpaired) electrons. The van der Waals surface area contributed by atoms with Gasteiger partial charge in [-0.25, -0.2) is 0 Å². The summed E-state index contributed by atoms with van der Waals surface area (Å²) in [5.74, 6) is 3.52. The Morgan fingerprint density at radius 1 is 1.28 bits per heavy atom. The molecule has 0 aromatic heterocycles. The van der Waals surface area contributed by atoms with Crippen LogP contribution in [-0.4, -0.2) is 7.11 Å². The maximum atomic E-state index is 6.05. The third kappa shape index (κ3) is 7.52. The van der Waals surface area contributed by atoms with Crippen molar-refractivity contribution in [2.24, 2.45) is 11.7 Å². The van der Waals surface area contributed by atoms with Crippen LogP contribution in [0.3, 0.4) is 0 Å². The van der Waals surface area contributed by atoms with Crippen molar-refractivity contribution in [1.29, 1.82) is 0 Å². The van der Waals surface area contributed by atoms with E-state index in [1.807, 2.05) is 6.08 Å². The van der Waals surface area contributed by atoms with E-state index < -0.39 is 0 Å². The summed E-state index contributed by atoms with van der Waals surface area (Å²) in [4.78, 5) is 0. The first kappa shape index (κ1) is 22.9. The SMILES string of the molecule is C#CC.CC/C(=C\C=C(/N)C(C)C)c1cc(C(C)(C)C)ccc1OC. The average molecular weight is 342 g/mol. The third-order valence-corrected chi connectivity index (χ3v) is 3.94. The van der Waals surface area contributed by atoms with Crippen molar-refractivity contribution >= 4 is 5.57 Å². The van der Waals surface area contributed by atoms with E-state index in [1.54, 1.807) is 14.0 Å². The first-order valence-electron chi connectivity index (χ1n) is 8.84. The molecular weight excluding hydrogens is 306 g/mol. The van der Waals surface area contributed by atoms with Gasteiger partial charge < -0.3 is 10.5 Å². The first-order valence-corrected chi connectivity index (χ1v) is 8.84. The summed E-state index contributed by atoms with van der Waals surface area (Å²) < 4.78 is 5.56. The zero-order valence-electron chi connectivity index (χ0n) is 17.2. The number of terminal acetylenes is 1. The molecule has 0 atom stereocenters. The molecular formula is C23H35NO. The number of hydrogen-bond donors (Lipinski definition) is 1. The van der Waals surface area contributed by atoms with Gasteiger partial charge in [0, 0.05) is 11.3 Å². The lowest BCUT2D eigenvalue weighted by Gasteiger charge is -2.21. The third-order valence-electron chi connectivity index (χ3n) is 3.94. The lowest BCUT2D eigenvalue weighted by atomic mass is 9.85. The van der Waals surface area contributed by atoms with E-state index in [9.17, 15) is 0 Å². The van der Waals surface area contributed by atoms with Crippen molar-refractivity contribution in [1.82, 2.24) is 0 Å². The van der Waals surface area contributed by atoms with Crippen LogP contribution in [0.4, 0.5) is 0 Å². The normalized spacial score (nSPS) is 12.3. The number of rotatable bonds is 5. The maximum Gasteiger partial charge on any atom is 0.126 e. The fraction of sp³-hybridized carbons (Fsp3) is 0.478. The Morgan fingerprint density at radius 3 is 2.24 bits per heavy atom. The van der Waals surface area contributed by atoms with E-state index in [1.165, 1.54) is 11.1 Å². The highest BCUT2D eigenvalue weighted by atomic mass is 16.5. The summed E-state index contributed by atoms with van der Waals surface area (Å²) >= 11 is 0. The molecule has 0 saturated heterocycles. The minimum atomic E-state index is 0.118. The van der Waals surface area contributed by atoms with Crippen LogP contribution >= 0.6 is 0 Å². The fourth-order valence-corrected chi connectivity index (χ4v) is 2.21. The van der Waals surface area contributed by atoms with Crippen molar-refractivity contribution in [3.05, 3.63) is 47.2 Å². The van der Waals surface area contributed by atoms with Crippen molar-refractivity contribution < 1.29 is 4.74 Å². The van der Waals surface area contributed by atoms with Crippen LogP contribution in [0.25, 0.3) is 5.57 Å². The smallest absolute Gasteiger partial charge is 0.126 e. The van der Waals surface area contributed by atoms with Gasteiger partial charge in [-0.2, -0.15) is 0 Å². The molecule has 2 nitrogen and oxygen atoms in total. The predicted octanol–water partition coefficient (Wildman–Crippen LogP) is 5.92. The molecule has 0 aliphatic rings. The molecule has 0 aliphatic heterocycles. The number of ether oxygens (including phenoxy) is 1. The van der Waals surface area contributed by atoms with Gasteiger partial charge in [-0.1, -0.05) is 53.7 Å². The second-order valence-corrected chi connectivity index (χ2v) is 7.32. The second-order valence-electron chi connectivity index (χ2n) is 7.32. The minimum Gasteiger partial charge on any atom is -0.496 e. The van der Waals surface area contributed by atoms with Crippen LogP contribution in [0.1, 0.15) is 66.0 Å². The average Bonchev–Trinajstić information content (AvgIpc) is 2.54. The minimum absolute atomic E-state index is 0.118. The number of nitrogens with two attached hydrogens (primary N) is 1. The number of allylic oxidation sites excluding steroid dienone is 4. The van der Waals surface area contributed by atoms with E-state index in [-0.39, 0.29) is 5.41 Å². The van der Waals surface area contributed by atoms with Gasteiger partial charge in [0.2, 0.25) is 0 Å². The van der Waals surface area contributed by atoms with Gasteiger partial charge in [-0.3, -0.25) is 0 Å². The van der Waals surface area contributed by atoms with E-state index in [0.717, 1.165) is 23.4 Å². The van der Waals surface area contributed by atoms with Crippen LogP contribution in [0.15, 0.2) is 36.0 Å². The van der Waals surface area contributed by atoms with Gasteiger partial charge >= 0.3 is 0 Å². The van der Waals surface area contributed by atoms with Crippen molar-refractivity contribution in [2.45, 2.75) is 60.3 Å². The standard InChI is InChI=1S/C20H31NO.C3H4/c1-8-15(9-11-18(21)14(2)3)17-13-16(20(4,5)6)10-12-19(17)22-7;1-3-2/h9-14H,8,21H2,1-7H3;1H,2H3/b15-9+,18-11-;.